The van der Waals surface area contributed by atoms with E-state index >= 15 is 0 Å². The Morgan fingerprint density at radius 3 is 2.45 bits per heavy atom. The first-order chi connectivity index (χ1) is 20.1. The lowest BCUT2D eigenvalue weighted by atomic mass is 9.86. The molecule has 1 N–H and O–H groups in total. The fourth-order valence-corrected chi connectivity index (χ4v) is 6.02. The highest BCUT2D eigenvalue weighted by atomic mass is 35.5. The van der Waals surface area contributed by atoms with E-state index in [9.17, 15) is 4.79 Å². The van der Waals surface area contributed by atoms with E-state index in [1.54, 1.807) is 27.5 Å². The molecule has 2 aromatic heterocycles. The summed E-state index contributed by atoms with van der Waals surface area (Å²) in [6.45, 7) is 7.16. The second-order valence-corrected chi connectivity index (χ2v) is 12.4. The molecule has 9 nitrogen and oxygen atoms in total. The number of nitrogens with one attached hydrogen (secondary N) is 1. The molecule has 2 atom stereocenters. The van der Waals surface area contributed by atoms with Gasteiger partial charge in [0.25, 0.3) is 0 Å². The number of thiazole rings is 1. The smallest absolute Gasteiger partial charge is 0.245 e. The fraction of sp³-hybridized carbons (Fsp3) is 0.387. The number of hydrogen-bond acceptors (Lipinski definition) is 9. The largest absolute Gasteiger partial charge is 0.496 e. The first-order valence-corrected chi connectivity index (χ1v) is 14.9. The summed E-state index contributed by atoms with van der Waals surface area (Å²) in [6.07, 6.45) is 2.13. The second-order valence-electron chi connectivity index (χ2n) is 11.2. The van der Waals surface area contributed by atoms with Crippen molar-refractivity contribution in [3.05, 3.63) is 53.0 Å². The molecule has 222 valence electrons. The molecular formula is C31H35ClN4O5S. The van der Waals surface area contributed by atoms with Crippen molar-refractivity contribution in [1.29, 1.82) is 0 Å². The number of rotatable bonds is 9. The van der Waals surface area contributed by atoms with Gasteiger partial charge in [-0.25, -0.2) is 9.97 Å². The minimum absolute atomic E-state index is 0.00388. The van der Waals surface area contributed by atoms with E-state index in [-0.39, 0.29) is 17.4 Å². The molecule has 4 aromatic rings. The minimum atomic E-state index is -0.506. The number of methoxy groups -OCH3 is 3. The van der Waals surface area contributed by atoms with E-state index < -0.39 is 6.04 Å². The van der Waals surface area contributed by atoms with Crippen LogP contribution in [0.25, 0.3) is 22.0 Å². The number of carbonyl (C=O) groups is 1. The zero-order valence-electron chi connectivity index (χ0n) is 24.6. The number of ether oxygens (including phenoxy) is 4. The third-order valence-corrected chi connectivity index (χ3v) is 8.31. The molecule has 0 aliphatic carbocycles. The summed E-state index contributed by atoms with van der Waals surface area (Å²) in [5.74, 6) is 2.44. The number of likely N-dealkylation sites (tertiary alicyclic amines) is 1. The van der Waals surface area contributed by atoms with E-state index in [2.05, 4.69) is 10.3 Å². The first-order valence-electron chi connectivity index (χ1n) is 13.6. The molecule has 2 aromatic carbocycles. The van der Waals surface area contributed by atoms with E-state index in [0.29, 0.717) is 58.5 Å². The van der Waals surface area contributed by atoms with Crippen LogP contribution in [0.15, 0.2) is 48.0 Å². The van der Waals surface area contributed by atoms with Crippen LogP contribution in [0, 0.1) is 5.41 Å². The maximum atomic E-state index is 13.9. The molecule has 0 unspecified atom stereocenters. The number of pyridine rings is 1. The highest BCUT2D eigenvalue weighted by Crippen LogP contribution is 2.40. The van der Waals surface area contributed by atoms with Crippen molar-refractivity contribution in [2.24, 2.45) is 5.41 Å². The number of nitrogens with zero attached hydrogens (tertiary/aromatic N) is 3. The number of carbonyl (C=O) groups excluding carboxylic acids is 1. The number of anilines is 1. The van der Waals surface area contributed by atoms with Gasteiger partial charge in [-0.15, -0.1) is 11.3 Å². The molecular weight excluding hydrogens is 576 g/mol. The van der Waals surface area contributed by atoms with Crippen molar-refractivity contribution in [3.8, 4) is 34.4 Å². The molecule has 0 bridgehead atoms. The van der Waals surface area contributed by atoms with Gasteiger partial charge in [0.05, 0.1) is 45.3 Å². The Morgan fingerprint density at radius 1 is 1.07 bits per heavy atom. The van der Waals surface area contributed by atoms with Gasteiger partial charge in [-0.05, 0) is 35.7 Å². The summed E-state index contributed by atoms with van der Waals surface area (Å²) in [6, 6.07) is 10.6. The van der Waals surface area contributed by atoms with Crippen LogP contribution in [-0.4, -0.2) is 67.3 Å². The van der Waals surface area contributed by atoms with Gasteiger partial charge < -0.3 is 29.2 Å². The topological polar surface area (TPSA) is 95.0 Å². The van der Waals surface area contributed by atoms with Gasteiger partial charge in [-0.1, -0.05) is 38.4 Å². The number of hydrogen-bond donors (Lipinski definition) is 1. The maximum absolute atomic E-state index is 13.9. The maximum Gasteiger partial charge on any atom is 0.245 e. The van der Waals surface area contributed by atoms with Gasteiger partial charge in [0.2, 0.25) is 11.8 Å². The van der Waals surface area contributed by atoms with Gasteiger partial charge >= 0.3 is 0 Å². The molecule has 0 saturated carbocycles. The number of fused-ring (bicyclic) bond motifs is 1. The fourth-order valence-electron chi connectivity index (χ4n) is 5.12. The van der Waals surface area contributed by atoms with Crippen LogP contribution in [-0.2, 0) is 4.79 Å². The predicted octanol–water partition coefficient (Wildman–Crippen LogP) is 6.54. The third-order valence-electron chi connectivity index (χ3n) is 7.30. The van der Waals surface area contributed by atoms with Gasteiger partial charge in [0, 0.05) is 34.1 Å². The second kappa shape index (κ2) is 12.2. The number of halogens is 1. The summed E-state index contributed by atoms with van der Waals surface area (Å²) < 4.78 is 22.9. The average molecular weight is 611 g/mol. The van der Waals surface area contributed by atoms with Gasteiger partial charge in [-0.2, -0.15) is 0 Å². The molecule has 42 heavy (non-hydrogen) atoms. The van der Waals surface area contributed by atoms with Crippen LogP contribution in [0.1, 0.15) is 27.2 Å². The molecule has 0 radical (unpaired) electrons. The molecule has 11 heteroatoms. The van der Waals surface area contributed by atoms with E-state index in [4.69, 9.17) is 35.5 Å². The van der Waals surface area contributed by atoms with Crippen molar-refractivity contribution in [1.82, 2.24) is 14.9 Å². The Labute approximate surface area is 254 Å². The lowest BCUT2D eigenvalue weighted by Crippen LogP contribution is -2.49. The van der Waals surface area contributed by atoms with Crippen molar-refractivity contribution in [2.45, 2.75) is 39.3 Å². The van der Waals surface area contributed by atoms with Gasteiger partial charge in [-0.3, -0.25) is 4.79 Å². The lowest BCUT2D eigenvalue weighted by molar-refractivity contribution is -0.133. The Bertz CT molecular complexity index is 1570. The average Bonchev–Trinajstić information content (AvgIpc) is 3.64. The van der Waals surface area contributed by atoms with E-state index in [1.165, 1.54) is 11.3 Å². The molecule has 1 aliphatic rings. The van der Waals surface area contributed by atoms with Crippen molar-refractivity contribution < 1.29 is 23.7 Å². The van der Waals surface area contributed by atoms with Crippen LogP contribution in [0.5, 0.6) is 23.1 Å². The minimum Gasteiger partial charge on any atom is -0.496 e. The third kappa shape index (κ3) is 6.05. The highest BCUT2D eigenvalue weighted by molar-refractivity contribution is 7.14. The predicted molar refractivity (Wildman–Crippen MR) is 166 cm³/mol. The molecule has 5 rings (SSSR count). The van der Waals surface area contributed by atoms with Gasteiger partial charge in [0.15, 0.2) is 5.13 Å². The van der Waals surface area contributed by atoms with E-state index in [0.717, 1.165) is 16.3 Å². The Morgan fingerprint density at radius 2 is 1.79 bits per heavy atom. The van der Waals surface area contributed by atoms with Gasteiger partial charge in [0.1, 0.15) is 29.4 Å². The van der Waals surface area contributed by atoms with Crippen molar-refractivity contribution in [3.63, 3.8) is 0 Å². The Hall–Kier alpha value is -3.76. The lowest BCUT2D eigenvalue weighted by Gasteiger charge is -2.33. The van der Waals surface area contributed by atoms with Crippen LogP contribution >= 0.6 is 22.9 Å². The molecule has 1 saturated heterocycles. The quantitative estimate of drug-likeness (QED) is 0.228. The number of benzene rings is 2. The zero-order valence-corrected chi connectivity index (χ0v) is 26.1. The zero-order chi connectivity index (χ0) is 30.0. The highest BCUT2D eigenvalue weighted by Gasteiger charge is 2.38. The molecule has 0 spiro atoms. The summed E-state index contributed by atoms with van der Waals surface area (Å²) in [5, 5.41) is 8.22. The molecule has 1 fully saturated rings. The Balaban J connectivity index is 1.32. The summed E-state index contributed by atoms with van der Waals surface area (Å²) in [5.41, 5.74) is 1.10. The standard InChI is InChI=1S/C31H35ClN4O5S/c1-31(2,3)27(35-30-34-22(17-42-30)26-23(38-4)8-7-9-24(26)39-5)29(37)36-13-12-19(16-36)41-28-21-14-18(32)10-11-20(21)25(40-6)15-33-28/h7-11,14-15,17,19,27H,12-13,16H2,1-6H3,(H,34,35)/t19-,27-/m1/s1. The number of aromatic nitrogens is 2. The van der Waals surface area contributed by atoms with Crippen LogP contribution < -0.4 is 24.3 Å². The van der Waals surface area contributed by atoms with Crippen LogP contribution in [0.3, 0.4) is 0 Å². The summed E-state index contributed by atoms with van der Waals surface area (Å²) in [7, 11) is 4.84. The van der Waals surface area contributed by atoms with Crippen molar-refractivity contribution >= 4 is 44.7 Å². The van der Waals surface area contributed by atoms with Crippen molar-refractivity contribution in [2.75, 3.05) is 39.7 Å². The monoisotopic (exact) mass is 610 g/mol. The normalized spacial score (nSPS) is 15.9. The first kappa shape index (κ1) is 29.7. The SMILES string of the molecule is COc1cccc(OC)c1-c1csc(N[C@H](C(=O)N2CC[C@@H](Oc3ncc(OC)c4ccc(Cl)cc34)C2)C(C)(C)C)n1. The molecule has 1 aliphatic heterocycles. The summed E-state index contributed by atoms with van der Waals surface area (Å²) >= 11 is 7.71. The van der Waals surface area contributed by atoms with E-state index in [1.807, 2.05) is 67.4 Å². The van der Waals surface area contributed by atoms with Crippen LogP contribution in [0.2, 0.25) is 5.02 Å². The summed E-state index contributed by atoms with van der Waals surface area (Å²) in [4.78, 5) is 25.1. The molecule has 1 amide bonds. The molecule has 3 heterocycles. The number of amides is 1. The van der Waals surface area contributed by atoms with Crippen LogP contribution in [0.4, 0.5) is 5.13 Å². The Kier molecular flexibility index (Phi) is 8.65.